The molecule has 18 heteroatoms. The van der Waals surface area contributed by atoms with Crippen LogP contribution in [0.15, 0.2) is 12.2 Å². The zero-order chi connectivity index (χ0) is 44.6. The number of hydrogen-bond acceptors (Lipinski definition) is 16. The number of aliphatic hydroxyl groups is 2. The Balaban J connectivity index is 1.68. The molecule has 1 amide bonds. The van der Waals surface area contributed by atoms with Crippen molar-refractivity contribution in [2.45, 2.75) is 165 Å². The third-order valence-corrected chi connectivity index (χ3v) is 13.7. The van der Waals surface area contributed by atoms with Gasteiger partial charge in [-0.25, -0.2) is 9.59 Å². The number of ketones is 1. The maximum atomic E-state index is 14.2. The summed E-state index contributed by atoms with van der Waals surface area (Å²) >= 11 is 1.23. The van der Waals surface area contributed by atoms with Crippen LogP contribution in [-0.2, 0) is 57.1 Å². The van der Waals surface area contributed by atoms with E-state index in [4.69, 9.17) is 37.9 Å². The molecule has 344 valence electrons. The molecule has 4 aliphatic heterocycles. The summed E-state index contributed by atoms with van der Waals surface area (Å²) in [5.41, 5.74) is 0. The van der Waals surface area contributed by atoms with Gasteiger partial charge in [0.25, 0.3) is 0 Å². The molecule has 0 radical (unpaired) electrons. The molecule has 0 bridgehead atoms. The fourth-order valence-electron chi connectivity index (χ4n) is 8.76. The number of carboxylic acid groups (broad SMARTS) is 1. The second kappa shape index (κ2) is 22.9. The van der Waals surface area contributed by atoms with Crippen LogP contribution in [-0.4, -0.2) is 175 Å². The Morgan fingerprint density at radius 3 is 2.23 bits per heavy atom. The van der Waals surface area contributed by atoms with Crippen LogP contribution in [0.5, 0.6) is 0 Å². The lowest BCUT2D eigenvalue weighted by Crippen LogP contribution is -2.59. The summed E-state index contributed by atoms with van der Waals surface area (Å²) < 4.78 is 48.8. The predicted molar refractivity (Wildman–Crippen MR) is 220 cm³/mol. The fraction of sp³-hybridized carbons (Fsp3) is 0.857. The van der Waals surface area contributed by atoms with Crippen LogP contribution in [0.3, 0.4) is 0 Å². The van der Waals surface area contributed by atoms with Crippen molar-refractivity contribution in [1.29, 1.82) is 0 Å². The van der Waals surface area contributed by atoms with Crippen molar-refractivity contribution >= 4 is 35.4 Å². The number of rotatable bonds is 14. The number of thioether (sulfide) groups is 1. The molecule has 0 aromatic rings. The maximum Gasteiger partial charge on any atom is 0.330 e. The number of hydrogen-bond donors (Lipinski definition) is 4. The monoisotopic (exact) mass is 874 g/mol. The minimum Gasteiger partial charge on any atom is -0.480 e. The van der Waals surface area contributed by atoms with E-state index in [-0.39, 0.29) is 48.5 Å². The second-order valence-electron chi connectivity index (χ2n) is 17.2. The van der Waals surface area contributed by atoms with Crippen molar-refractivity contribution in [2.24, 2.45) is 23.7 Å². The number of fused-ring (bicyclic) bond motifs is 1. The number of methoxy groups -OCH3 is 2. The van der Waals surface area contributed by atoms with Crippen LogP contribution >= 0.6 is 11.8 Å². The molecule has 19 atom stereocenters. The number of nitrogens with one attached hydrogen (secondary N) is 1. The number of likely N-dealkylation sites (N-methyl/N-ethyl adjacent to an activating group) is 1. The zero-order valence-electron chi connectivity index (χ0n) is 37.0. The molecule has 3 fully saturated rings. The van der Waals surface area contributed by atoms with Gasteiger partial charge in [-0.05, 0) is 53.1 Å². The number of carbonyl (C=O) groups is 4. The Morgan fingerprint density at radius 2 is 1.63 bits per heavy atom. The predicted octanol–water partition coefficient (Wildman–Crippen LogP) is 2.17. The first-order valence-electron chi connectivity index (χ1n) is 21.2. The van der Waals surface area contributed by atoms with Gasteiger partial charge in [-0.2, -0.15) is 11.8 Å². The third kappa shape index (κ3) is 13.2. The van der Waals surface area contributed by atoms with Crippen LogP contribution in [0, 0.1) is 23.7 Å². The van der Waals surface area contributed by atoms with E-state index in [2.05, 4.69) is 5.32 Å². The lowest BCUT2D eigenvalue weighted by atomic mass is 9.83. The van der Waals surface area contributed by atoms with E-state index >= 15 is 0 Å². The molecule has 0 aromatic heterocycles. The van der Waals surface area contributed by atoms with Gasteiger partial charge < -0.3 is 63.4 Å². The first-order chi connectivity index (χ1) is 28.3. The highest BCUT2D eigenvalue weighted by Crippen LogP contribution is 2.43. The van der Waals surface area contributed by atoms with Gasteiger partial charge in [0.15, 0.2) is 12.6 Å². The summed E-state index contributed by atoms with van der Waals surface area (Å²) in [6.45, 7) is 12.4. The average molecular weight is 875 g/mol. The van der Waals surface area contributed by atoms with Crippen molar-refractivity contribution in [2.75, 3.05) is 40.7 Å². The van der Waals surface area contributed by atoms with E-state index in [1.54, 1.807) is 13.0 Å². The summed E-state index contributed by atoms with van der Waals surface area (Å²) in [6.07, 6.45) is -4.17. The Morgan fingerprint density at radius 1 is 0.950 bits per heavy atom. The standard InChI is InChI=1S/C42H70N2O15S/c1-12-30-26(18-54-42-39(53-11)38(52-10)33(48)24(6)56-42)36-37(58-36)31(60-19-27(40(50)51)43-25(7)45)17-29(46)21(3)15-22(4)35(20(2)13-14-32(47)57-30)59-41-34(49)28(44(8)9)16-23(5)55-41/h13-14,20-24,26-28,30-31,33-39,41-42,48-49H,12,15-19H2,1-11H3,(H,43,45)(H,50,51). The highest BCUT2D eigenvalue weighted by Gasteiger charge is 2.54. The highest BCUT2D eigenvalue weighted by atomic mass is 32.2. The molecule has 19 unspecified atom stereocenters. The molecular weight excluding hydrogens is 805 g/mol. The van der Waals surface area contributed by atoms with Crippen molar-refractivity contribution in [1.82, 2.24) is 10.2 Å². The van der Waals surface area contributed by atoms with Gasteiger partial charge >= 0.3 is 11.9 Å². The van der Waals surface area contributed by atoms with Crippen LogP contribution in [0.4, 0.5) is 0 Å². The summed E-state index contributed by atoms with van der Waals surface area (Å²) in [6, 6.07) is -1.42. The van der Waals surface area contributed by atoms with Crippen molar-refractivity contribution in [3.8, 4) is 0 Å². The van der Waals surface area contributed by atoms with Crippen LogP contribution in [0.1, 0.15) is 74.1 Å². The fourth-order valence-corrected chi connectivity index (χ4v) is 10.1. The molecule has 4 heterocycles. The first kappa shape index (κ1) is 50.4. The van der Waals surface area contributed by atoms with E-state index in [0.29, 0.717) is 19.3 Å². The smallest absolute Gasteiger partial charge is 0.330 e. The van der Waals surface area contributed by atoms with Gasteiger partial charge in [0.2, 0.25) is 5.91 Å². The van der Waals surface area contributed by atoms with Crippen LogP contribution in [0.25, 0.3) is 0 Å². The molecule has 0 aromatic carbocycles. The van der Waals surface area contributed by atoms with E-state index in [9.17, 15) is 34.5 Å². The molecule has 4 aliphatic rings. The number of carbonyl (C=O) groups excluding carboxylic acids is 3. The summed E-state index contributed by atoms with van der Waals surface area (Å²) in [7, 11) is 6.72. The van der Waals surface area contributed by atoms with E-state index < -0.39 is 108 Å². The number of amides is 1. The number of cyclic esters (lactones) is 1. The lowest BCUT2D eigenvalue weighted by Gasteiger charge is -2.43. The number of ether oxygens (including phenoxy) is 8. The zero-order valence-corrected chi connectivity index (χ0v) is 37.8. The Bertz CT molecular complexity index is 1460. The summed E-state index contributed by atoms with van der Waals surface area (Å²) in [4.78, 5) is 53.9. The number of epoxide rings is 1. The van der Waals surface area contributed by atoms with Gasteiger partial charge in [-0.1, -0.05) is 33.8 Å². The van der Waals surface area contributed by atoms with E-state index in [1.807, 2.05) is 53.6 Å². The highest BCUT2D eigenvalue weighted by molar-refractivity contribution is 8.00. The molecule has 0 saturated carbocycles. The molecule has 0 aliphatic carbocycles. The molecular formula is C42H70N2O15S. The first-order valence-corrected chi connectivity index (χ1v) is 22.2. The summed E-state index contributed by atoms with van der Waals surface area (Å²) in [5.74, 6) is -4.07. The molecule has 4 N–H and O–H groups in total. The normalized spacial score (nSPS) is 41.3. The lowest BCUT2D eigenvalue weighted by molar-refractivity contribution is -0.305. The molecule has 3 saturated heterocycles. The van der Waals surface area contributed by atoms with E-state index in [1.165, 1.54) is 39.0 Å². The topological polar surface area (TPSA) is 221 Å². The number of aliphatic carboxylic acids is 1. The van der Waals surface area contributed by atoms with Crippen molar-refractivity contribution in [3.05, 3.63) is 12.2 Å². The molecule has 4 rings (SSSR count). The molecule has 60 heavy (non-hydrogen) atoms. The minimum atomic E-state index is -1.21. The molecule has 17 nitrogen and oxygen atoms in total. The minimum absolute atomic E-state index is 0.0318. The number of carboxylic acids is 1. The number of aliphatic hydroxyl groups excluding tert-OH is 2. The van der Waals surface area contributed by atoms with Gasteiger partial charge in [0.1, 0.15) is 42.3 Å². The van der Waals surface area contributed by atoms with Gasteiger partial charge in [-0.3, -0.25) is 9.59 Å². The van der Waals surface area contributed by atoms with Crippen LogP contribution in [0.2, 0.25) is 0 Å². The SMILES string of the molecule is CCC1OC(=O)C=CC(C)C(OC2OC(C)CC(N(C)C)C2O)C(C)CC(C)C(=O)CC(SCC(NC(C)=O)C(=O)O)C2OC2C1COC1OC(C)C(O)C(OC)C1OC. The number of esters is 1. The Kier molecular flexibility index (Phi) is 19.3. The van der Waals surface area contributed by atoms with Gasteiger partial charge in [0, 0.05) is 68.4 Å². The quantitative estimate of drug-likeness (QED) is 0.145. The van der Waals surface area contributed by atoms with Crippen LogP contribution < -0.4 is 5.32 Å². The number of Topliss-reactive ketones (excluding diaryl/α,β-unsaturated/α-hetero) is 1. The Labute approximate surface area is 358 Å². The van der Waals surface area contributed by atoms with Gasteiger partial charge in [0.05, 0.1) is 37.1 Å². The Hall–Kier alpha value is -2.23. The second-order valence-corrected chi connectivity index (χ2v) is 18.5. The third-order valence-electron chi connectivity index (χ3n) is 12.3. The van der Waals surface area contributed by atoms with Crippen molar-refractivity contribution < 1.29 is 72.4 Å². The maximum absolute atomic E-state index is 14.2. The largest absolute Gasteiger partial charge is 0.480 e. The average Bonchev–Trinajstić information content (AvgIpc) is 3.98. The van der Waals surface area contributed by atoms with Crippen molar-refractivity contribution in [3.63, 3.8) is 0 Å². The summed E-state index contributed by atoms with van der Waals surface area (Å²) in [5, 5.41) is 33.9. The van der Waals surface area contributed by atoms with Gasteiger partial charge in [-0.15, -0.1) is 0 Å². The number of nitrogens with zero attached hydrogens (tertiary/aromatic N) is 1. The molecule has 0 spiro atoms. The van der Waals surface area contributed by atoms with E-state index in [0.717, 1.165) is 0 Å².